The van der Waals surface area contributed by atoms with Gasteiger partial charge in [0.25, 0.3) is 5.89 Å². The van der Waals surface area contributed by atoms with Crippen molar-refractivity contribution in [2.45, 2.75) is 19.9 Å². The maximum atomic E-state index is 13.5. The lowest BCUT2D eigenvalue weighted by Gasteiger charge is -2.09. The summed E-state index contributed by atoms with van der Waals surface area (Å²) in [6.07, 6.45) is 0. The summed E-state index contributed by atoms with van der Waals surface area (Å²) in [7, 11) is 0. The molecule has 96 valence electrons. The smallest absolute Gasteiger partial charge is 0.261 e. The molecule has 0 fully saturated rings. The van der Waals surface area contributed by atoms with Gasteiger partial charge in [-0.1, -0.05) is 25.1 Å². The number of benzene rings is 1. The second kappa shape index (κ2) is 4.81. The molecule has 1 aromatic heterocycles. The zero-order chi connectivity index (χ0) is 13.3. The Morgan fingerprint density at radius 2 is 2.00 bits per heavy atom. The molecule has 0 saturated carbocycles. The molecule has 0 amide bonds. The van der Waals surface area contributed by atoms with Crippen LogP contribution in [0.1, 0.15) is 25.7 Å². The first-order valence-corrected chi connectivity index (χ1v) is 5.54. The fourth-order valence-electron chi connectivity index (χ4n) is 1.45. The van der Waals surface area contributed by atoms with Crippen molar-refractivity contribution < 1.29 is 13.3 Å². The zero-order valence-electron chi connectivity index (χ0n) is 10.0. The molecule has 0 saturated heterocycles. The number of aromatic nitrogens is 2. The van der Waals surface area contributed by atoms with Gasteiger partial charge in [-0.3, -0.25) is 0 Å². The molecule has 2 N–H and O–H groups in total. The zero-order valence-corrected chi connectivity index (χ0v) is 10.0. The first-order chi connectivity index (χ1) is 8.50. The molecule has 0 aliphatic carbocycles. The van der Waals surface area contributed by atoms with Gasteiger partial charge in [0.05, 0.1) is 11.6 Å². The summed E-state index contributed by atoms with van der Waals surface area (Å²) < 4.78 is 31.5. The lowest BCUT2D eigenvalue weighted by Crippen LogP contribution is -2.18. The van der Waals surface area contributed by atoms with E-state index in [0.29, 0.717) is 0 Å². The summed E-state index contributed by atoms with van der Waals surface area (Å²) >= 11 is 0. The van der Waals surface area contributed by atoms with Crippen molar-refractivity contribution in [3.05, 3.63) is 35.7 Å². The predicted molar refractivity (Wildman–Crippen MR) is 61.4 cm³/mol. The van der Waals surface area contributed by atoms with E-state index in [1.54, 1.807) is 0 Å². The maximum Gasteiger partial charge on any atom is 0.261 e. The Morgan fingerprint density at radius 3 is 2.67 bits per heavy atom. The van der Waals surface area contributed by atoms with Crippen molar-refractivity contribution in [2.75, 3.05) is 0 Å². The molecule has 0 radical (unpaired) electrons. The lowest BCUT2D eigenvalue weighted by atomic mass is 10.1. The van der Waals surface area contributed by atoms with Crippen LogP contribution in [0.3, 0.4) is 0 Å². The van der Waals surface area contributed by atoms with Crippen LogP contribution in [0.4, 0.5) is 8.78 Å². The van der Waals surface area contributed by atoms with Crippen molar-refractivity contribution in [2.24, 2.45) is 11.7 Å². The number of nitrogens with two attached hydrogens (primary N) is 1. The average Bonchev–Trinajstić information content (AvgIpc) is 2.80. The van der Waals surface area contributed by atoms with Crippen molar-refractivity contribution in [1.82, 2.24) is 10.1 Å². The molecule has 0 bridgehead atoms. The van der Waals surface area contributed by atoms with E-state index in [-0.39, 0.29) is 23.2 Å². The van der Waals surface area contributed by atoms with Crippen LogP contribution in [0.15, 0.2) is 22.7 Å². The van der Waals surface area contributed by atoms with Gasteiger partial charge in [0.2, 0.25) is 0 Å². The highest BCUT2D eigenvalue weighted by Gasteiger charge is 2.20. The van der Waals surface area contributed by atoms with Crippen molar-refractivity contribution in [3.63, 3.8) is 0 Å². The van der Waals surface area contributed by atoms with Crippen LogP contribution in [0.25, 0.3) is 11.5 Å². The minimum Gasteiger partial charge on any atom is -0.334 e. The maximum absolute atomic E-state index is 13.5. The van der Waals surface area contributed by atoms with Gasteiger partial charge in [-0.05, 0) is 18.1 Å². The molecule has 1 heterocycles. The summed E-state index contributed by atoms with van der Waals surface area (Å²) in [5.41, 5.74) is 5.78. The summed E-state index contributed by atoms with van der Waals surface area (Å²) in [6, 6.07) is 3.37. The van der Waals surface area contributed by atoms with Crippen LogP contribution in [0, 0.1) is 17.6 Å². The molecule has 6 heteroatoms. The highest BCUT2D eigenvalue weighted by atomic mass is 19.2. The van der Waals surface area contributed by atoms with E-state index >= 15 is 0 Å². The van der Waals surface area contributed by atoms with Crippen LogP contribution in [-0.4, -0.2) is 10.1 Å². The molecule has 18 heavy (non-hydrogen) atoms. The first-order valence-electron chi connectivity index (χ1n) is 5.54. The van der Waals surface area contributed by atoms with Crippen LogP contribution in [-0.2, 0) is 0 Å². The van der Waals surface area contributed by atoms with Crippen LogP contribution in [0.5, 0.6) is 0 Å². The lowest BCUT2D eigenvalue weighted by molar-refractivity contribution is 0.397. The third kappa shape index (κ3) is 2.24. The quantitative estimate of drug-likeness (QED) is 0.913. The van der Waals surface area contributed by atoms with Gasteiger partial charge in [-0.2, -0.15) is 4.98 Å². The van der Waals surface area contributed by atoms with E-state index < -0.39 is 17.7 Å². The number of hydrogen-bond donors (Lipinski definition) is 1. The van der Waals surface area contributed by atoms with Crippen molar-refractivity contribution >= 4 is 0 Å². The Kier molecular flexibility index (Phi) is 3.38. The molecular formula is C12H13F2N3O. The summed E-state index contributed by atoms with van der Waals surface area (Å²) in [4.78, 5) is 3.99. The van der Waals surface area contributed by atoms with Gasteiger partial charge < -0.3 is 10.3 Å². The highest BCUT2D eigenvalue weighted by molar-refractivity contribution is 5.53. The number of nitrogens with zero attached hydrogens (tertiary/aromatic N) is 2. The molecule has 2 rings (SSSR count). The minimum absolute atomic E-state index is 0.0651. The molecule has 2 aromatic rings. The van der Waals surface area contributed by atoms with Crippen LogP contribution < -0.4 is 5.73 Å². The molecule has 4 nitrogen and oxygen atoms in total. The van der Waals surface area contributed by atoms with Crippen molar-refractivity contribution in [1.29, 1.82) is 0 Å². The second-order valence-corrected chi connectivity index (χ2v) is 4.33. The number of rotatable bonds is 3. The molecular weight excluding hydrogens is 240 g/mol. The Bertz CT molecular complexity index is 554. The molecule has 1 aromatic carbocycles. The third-order valence-corrected chi connectivity index (χ3v) is 2.64. The van der Waals surface area contributed by atoms with Crippen LogP contribution in [0.2, 0.25) is 0 Å². The van der Waals surface area contributed by atoms with Gasteiger partial charge in [0, 0.05) is 0 Å². The van der Waals surface area contributed by atoms with E-state index in [1.807, 2.05) is 13.8 Å². The van der Waals surface area contributed by atoms with E-state index in [4.69, 9.17) is 10.3 Å². The van der Waals surface area contributed by atoms with Crippen molar-refractivity contribution in [3.8, 4) is 11.5 Å². The molecule has 1 unspecified atom stereocenters. The standard InChI is InChI=1S/C12H13F2N3O/c1-6(2)10(15)11-16-12(18-17-11)7-4-3-5-8(13)9(7)14/h3-6,10H,15H2,1-2H3. The monoisotopic (exact) mass is 253 g/mol. The summed E-state index contributed by atoms with van der Waals surface area (Å²) in [6.45, 7) is 3.81. The first kappa shape index (κ1) is 12.6. The Morgan fingerprint density at radius 1 is 1.28 bits per heavy atom. The second-order valence-electron chi connectivity index (χ2n) is 4.33. The van der Waals surface area contributed by atoms with Gasteiger partial charge in [0.1, 0.15) is 0 Å². The molecule has 0 aliphatic heterocycles. The van der Waals surface area contributed by atoms with Gasteiger partial charge in [0.15, 0.2) is 17.5 Å². The SMILES string of the molecule is CC(C)C(N)c1noc(-c2cccc(F)c2F)n1. The highest BCUT2D eigenvalue weighted by Crippen LogP contribution is 2.24. The third-order valence-electron chi connectivity index (χ3n) is 2.64. The number of halogens is 2. The van der Waals surface area contributed by atoms with E-state index in [1.165, 1.54) is 12.1 Å². The van der Waals surface area contributed by atoms with Gasteiger partial charge in [-0.15, -0.1) is 0 Å². The van der Waals surface area contributed by atoms with E-state index in [0.717, 1.165) is 6.07 Å². The van der Waals surface area contributed by atoms with Gasteiger partial charge in [-0.25, -0.2) is 8.78 Å². The molecule has 0 spiro atoms. The predicted octanol–water partition coefficient (Wildman–Crippen LogP) is 2.67. The largest absolute Gasteiger partial charge is 0.334 e. The topological polar surface area (TPSA) is 64.9 Å². The van der Waals surface area contributed by atoms with Gasteiger partial charge >= 0.3 is 0 Å². The Labute approximate surface area is 103 Å². The number of hydrogen-bond acceptors (Lipinski definition) is 4. The fraction of sp³-hybridized carbons (Fsp3) is 0.333. The Balaban J connectivity index is 2.38. The van der Waals surface area contributed by atoms with E-state index in [9.17, 15) is 8.78 Å². The average molecular weight is 253 g/mol. The summed E-state index contributed by atoms with van der Waals surface area (Å²) in [5.74, 6) is -1.64. The minimum atomic E-state index is -1.01. The Hall–Kier alpha value is -1.82. The molecule has 0 aliphatic rings. The van der Waals surface area contributed by atoms with Crippen LogP contribution >= 0.6 is 0 Å². The molecule has 1 atom stereocenters. The fourth-order valence-corrected chi connectivity index (χ4v) is 1.45. The normalized spacial score (nSPS) is 13.0. The van der Waals surface area contributed by atoms with E-state index in [2.05, 4.69) is 10.1 Å². The summed E-state index contributed by atoms with van der Waals surface area (Å²) in [5, 5.41) is 3.68.